The summed E-state index contributed by atoms with van der Waals surface area (Å²) in [6.45, 7) is 0. The first kappa shape index (κ1) is 14.4. The zero-order chi connectivity index (χ0) is 13.3. The van der Waals surface area contributed by atoms with Gasteiger partial charge < -0.3 is 9.84 Å². The monoisotopic (exact) mass is 288 g/mol. The third-order valence-electron chi connectivity index (χ3n) is 2.15. The van der Waals surface area contributed by atoms with Crippen molar-refractivity contribution in [1.82, 2.24) is 0 Å². The van der Waals surface area contributed by atoms with Crippen molar-refractivity contribution in [2.75, 3.05) is 7.11 Å². The van der Waals surface area contributed by atoms with Gasteiger partial charge in [0, 0.05) is 5.56 Å². The molecule has 0 saturated carbocycles. The normalized spacial score (nSPS) is 14.5. The molecule has 1 atom stereocenters. The van der Waals surface area contributed by atoms with Crippen molar-refractivity contribution in [3.63, 3.8) is 0 Å². The fourth-order valence-corrected chi connectivity index (χ4v) is 1.48. The molecular formula is C10H9Cl2F3O2. The standard InChI is InChI=1S/C10H9Cl2F3O2/c1-17-7-5-3-2-4-6(7)8(16)9(11,12)10(13,14)15/h2-5,8,16H,1H3/t8-/m1/s1. The Morgan fingerprint density at radius 2 is 1.76 bits per heavy atom. The van der Waals surface area contributed by atoms with E-state index in [4.69, 9.17) is 27.9 Å². The maximum absolute atomic E-state index is 12.5. The number of ether oxygens (including phenoxy) is 1. The van der Waals surface area contributed by atoms with Gasteiger partial charge in [-0.25, -0.2) is 0 Å². The topological polar surface area (TPSA) is 29.5 Å². The van der Waals surface area contributed by atoms with Gasteiger partial charge in [0.15, 0.2) is 0 Å². The molecule has 2 nitrogen and oxygen atoms in total. The number of methoxy groups -OCH3 is 1. The minimum absolute atomic E-state index is 0.0786. The summed E-state index contributed by atoms with van der Waals surface area (Å²) in [4.78, 5) is 0. The van der Waals surface area contributed by atoms with Crippen LogP contribution in [0.25, 0.3) is 0 Å². The Bertz CT molecular complexity index is 393. The molecule has 7 heteroatoms. The fraction of sp³-hybridized carbons (Fsp3) is 0.400. The molecule has 0 aliphatic heterocycles. The zero-order valence-corrected chi connectivity index (χ0v) is 10.1. The Morgan fingerprint density at radius 3 is 2.24 bits per heavy atom. The highest BCUT2D eigenvalue weighted by Crippen LogP contribution is 2.49. The van der Waals surface area contributed by atoms with Crippen LogP contribution in [0.2, 0.25) is 0 Å². The summed E-state index contributed by atoms with van der Waals surface area (Å²) in [5.74, 6) is 0.0786. The van der Waals surface area contributed by atoms with E-state index >= 15 is 0 Å². The van der Waals surface area contributed by atoms with Crippen LogP contribution < -0.4 is 4.74 Å². The molecule has 0 spiro atoms. The SMILES string of the molecule is COc1ccccc1[C@@H](O)C(Cl)(Cl)C(F)(F)F. The van der Waals surface area contributed by atoms with Crippen LogP contribution in [-0.2, 0) is 0 Å². The van der Waals surface area contributed by atoms with Gasteiger partial charge in [0.05, 0.1) is 7.11 Å². The van der Waals surface area contributed by atoms with E-state index in [-0.39, 0.29) is 11.3 Å². The summed E-state index contributed by atoms with van der Waals surface area (Å²) < 4.78 is 39.2. The van der Waals surface area contributed by atoms with Crippen LogP contribution in [0.5, 0.6) is 5.75 Å². The average Bonchev–Trinajstić information content (AvgIpc) is 2.26. The first-order chi connectivity index (χ1) is 7.71. The van der Waals surface area contributed by atoms with E-state index < -0.39 is 16.6 Å². The Labute approximate surface area is 106 Å². The molecule has 0 heterocycles. The van der Waals surface area contributed by atoms with Gasteiger partial charge in [-0.3, -0.25) is 0 Å². The van der Waals surface area contributed by atoms with Gasteiger partial charge in [-0.2, -0.15) is 13.2 Å². The molecule has 0 saturated heterocycles. The van der Waals surface area contributed by atoms with E-state index in [1.165, 1.54) is 25.3 Å². The Balaban J connectivity index is 3.16. The third kappa shape index (κ3) is 2.78. The van der Waals surface area contributed by atoms with Gasteiger partial charge in [-0.1, -0.05) is 41.4 Å². The summed E-state index contributed by atoms with van der Waals surface area (Å²) in [6, 6.07) is 5.65. The van der Waals surface area contributed by atoms with Crippen LogP contribution in [0.3, 0.4) is 0 Å². The molecule has 0 aliphatic rings. The number of aliphatic hydroxyl groups excluding tert-OH is 1. The largest absolute Gasteiger partial charge is 0.496 e. The second kappa shape index (κ2) is 4.92. The van der Waals surface area contributed by atoms with E-state index in [2.05, 4.69) is 0 Å². The fourth-order valence-electron chi connectivity index (χ4n) is 1.24. The molecule has 17 heavy (non-hydrogen) atoms. The van der Waals surface area contributed by atoms with Crippen LogP contribution in [-0.4, -0.2) is 22.7 Å². The van der Waals surface area contributed by atoms with E-state index in [0.717, 1.165) is 0 Å². The minimum Gasteiger partial charge on any atom is -0.496 e. The quantitative estimate of drug-likeness (QED) is 0.863. The van der Waals surface area contributed by atoms with Gasteiger partial charge in [0.25, 0.3) is 0 Å². The predicted molar refractivity (Wildman–Crippen MR) is 58.4 cm³/mol. The van der Waals surface area contributed by atoms with Crippen molar-refractivity contribution >= 4 is 23.2 Å². The van der Waals surface area contributed by atoms with E-state index in [0.29, 0.717) is 0 Å². The molecule has 1 aromatic rings. The smallest absolute Gasteiger partial charge is 0.424 e. The van der Waals surface area contributed by atoms with E-state index in [1.54, 1.807) is 6.07 Å². The molecule has 0 fully saturated rings. The first-order valence-electron chi connectivity index (χ1n) is 4.47. The van der Waals surface area contributed by atoms with Gasteiger partial charge in [-0.15, -0.1) is 0 Å². The van der Waals surface area contributed by atoms with Crippen LogP contribution in [0, 0.1) is 0 Å². The molecule has 0 radical (unpaired) electrons. The molecule has 1 N–H and O–H groups in total. The summed E-state index contributed by atoms with van der Waals surface area (Å²) in [6.07, 6.45) is -7.10. The highest BCUT2D eigenvalue weighted by Gasteiger charge is 2.58. The van der Waals surface area contributed by atoms with Crippen molar-refractivity contribution in [2.45, 2.75) is 16.6 Å². The van der Waals surface area contributed by atoms with E-state index in [9.17, 15) is 18.3 Å². The number of aliphatic hydroxyl groups is 1. The molecule has 96 valence electrons. The lowest BCUT2D eigenvalue weighted by Crippen LogP contribution is -2.40. The number of rotatable bonds is 3. The van der Waals surface area contributed by atoms with Crippen LogP contribution in [0.15, 0.2) is 24.3 Å². The molecule has 0 amide bonds. The summed E-state index contributed by atoms with van der Waals surface area (Å²) in [5.41, 5.74) is -0.127. The van der Waals surface area contributed by atoms with Gasteiger partial charge in [0.1, 0.15) is 11.9 Å². The molecular weight excluding hydrogens is 280 g/mol. The highest BCUT2D eigenvalue weighted by atomic mass is 35.5. The Hall–Kier alpha value is -0.650. The van der Waals surface area contributed by atoms with Crippen molar-refractivity contribution < 1.29 is 23.0 Å². The summed E-state index contributed by atoms with van der Waals surface area (Å²) in [7, 11) is 1.27. The van der Waals surface area contributed by atoms with Crippen molar-refractivity contribution in [2.24, 2.45) is 0 Å². The van der Waals surface area contributed by atoms with Crippen LogP contribution >= 0.6 is 23.2 Å². The Morgan fingerprint density at radius 1 is 1.24 bits per heavy atom. The van der Waals surface area contributed by atoms with Gasteiger partial charge in [-0.05, 0) is 6.07 Å². The summed E-state index contributed by atoms with van der Waals surface area (Å²) in [5, 5.41) is 9.63. The van der Waals surface area contributed by atoms with Crippen molar-refractivity contribution in [3.8, 4) is 5.75 Å². The van der Waals surface area contributed by atoms with Gasteiger partial charge >= 0.3 is 6.18 Å². The zero-order valence-electron chi connectivity index (χ0n) is 8.63. The second-order valence-electron chi connectivity index (χ2n) is 3.27. The van der Waals surface area contributed by atoms with E-state index in [1.807, 2.05) is 0 Å². The number of alkyl halides is 5. The van der Waals surface area contributed by atoms with Crippen molar-refractivity contribution in [1.29, 1.82) is 0 Å². The Kier molecular flexibility index (Phi) is 4.17. The van der Waals surface area contributed by atoms with Crippen LogP contribution in [0.1, 0.15) is 11.7 Å². The number of hydrogen-bond acceptors (Lipinski definition) is 2. The number of hydrogen-bond donors (Lipinski definition) is 1. The minimum atomic E-state index is -4.96. The maximum atomic E-state index is 12.5. The first-order valence-corrected chi connectivity index (χ1v) is 5.23. The predicted octanol–water partition coefficient (Wildman–Crippen LogP) is 3.46. The van der Waals surface area contributed by atoms with Crippen LogP contribution in [0.4, 0.5) is 13.2 Å². The van der Waals surface area contributed by atoms with Crippen molar-refractivity contribution in [3.05, 3.63) is 29.8 Å². The average molecular weight is 289 g/mol. The maximum Gasteiger partial charge on any atom is 0.424 e. The molecule has 1 aromatic carbocycles. The number of benzene rings is 1. The lowest BCUT2D eigenvalue weighted by Gasteiger charge is -2.28. The summed E-state index contributed by atoms with van der Waals surface area (Å²) >= 11 is 10.3. The molecule has 0 unspecified atom stereocenters. The molecule has 0 aliphatic carbocycles. The molecule has 0 bridgehead atoms. The second-order valence-corrected chi connectivity index (χ2v) is 4.65. The van der Waals surface area contributed by atoms with Gasteiger partial charge in [0.2, 0.25) is 4.33 Å². The lowest BCUT2D eigenvalue weighted by molar-refractivity contribution is -0.162. The highest BCUT2D eigenvalue weighted by molar-refractivity contribution is 6.49. The molecule has 1 rings (SSSR count). The lowest BCUT2D eigenvalue weighted by atomic mass is 10.0. The third-order valence-corrected chi connectivity index (χ3v) is 3.00. The number of halogens is 5. The number of para-hydroxylation sites is 1. The molecule has 0 aromatic heterocycles.